The Morgan fingerprint density at radius 1 is 0.486 bits per heavy atom. The van der Waals surface area contributed by atoms with E-state index in [1.165, 1.54) is 20.5 Å². The molecular formula is C32H21NOS. The molecule has 7 rings (SSSR count). The number of thiophene rings is 1. The zero-order valence-corrected chi connectivity index (χ0v) is 19.7. The molecule has 1 aromatic heterocycles. The van der Waals surface area contributed by atoms with E-state index in [-0.39, 0.29) is 0 Å². The van der Waals surface area contributed by atoms with Crippen molar-refractivity contribution in [1.82, 2.24) is 0 Å². The maximum Gasteiger partial charge on any atom is 0.0786 e. The van der Waals surface area contributed by atoms with Crippen LogP contribution >= 0.6 is 11.3 Å². The molecule has 7 aromatic rings. The summed E-state index contributed by atoms with van der Waals surface area (Å²) >= 11 is 1.76. The number of hydrogen-bond donors (Lipinski definition) is 1. The van der Waals surface area contributed by atoms with Gasteiger partial charge < -0.3 is 0 Å². The molecule has 0 aliphatic rings. The second-order valence-electron chi connectivity index (χ2n) is 8.77. The first-order valence-electron chi connectivity index (χ1n) is 11.7. The molecule has 0 amide bonds. The van der Waals surface area contributed by atoms with Crippen LogP contribution in [-0.4, -0.2) is 5.21 Å². The lowest BCUT2D eigenvalue weighted by atomic mass is 9.92. The largest absolute Gasteiger partial charge is 0.283 e. The van der Waals surface area contributed by atoms with E-state index in [9.17, 15) is 5.21 Å². The molecule has 1 N–H and O–H groups in total. The van der Waals surface area contributed by atoms with Crippen LogP contribution in [0.4, 0.5) is 11.4 Å². The van der Waals surface area contributed by atoms with Gasteiger partial charge in [0.05, 0.1) is 11.4 Å². The van der Waals surface area contributed by atoms with Gasteiger partial charge in [0.25, 0.3) is 0 Å². The van der Waals surface area contributed by atoms with Crippen LogP contribution in [0.3, 0.4) is 0 Å². The molecule has 0 radical (unpaired) electrons. The zero-order valence-electron chi connectivity index (χ0n) is 18.8. The van der Waals surface area contributed by atoms with E-state index in [0.717, 1.165) is 48.7 Å². The molecule has 0 spiro atoms. The predicted octanol–water partition coefficient (Wildman–Crippen LogP) is 9.56. The van der Waals surface area contributed by atoms with E-state index in [0.29, 0.717) is 0 Å². The van der Waals surface area contributed by atoms with Crippen molar-refractivity contribution in [3.05, 3.63) is 121 Å². The number of nitrogens with zero attached hydrogens (tertiary/aromatic N) is 1. The van der Waals surface area contributed by atoms with Gasteiger partial charge in [-0.2, -0.15) is 0 Å². The lowest BCUT2D eigenvalue weighted by molar-refractivity contribution is 0.302. The van der Waals surface area contributed by atoms with Crippen LogP contribution in [0.2, 0.25) is 0 Å². The molecule has 0 saturated carbocycles. The van der Waals surface area contributed by atoms with Gasteiger partial charge in [-0.05, 0) is 51.4 Å². The van der Waals surface area contributed by atoms with Crippen LogP contribution < -0.4 is 5.06 Å². The molecular weight excluding hydrogens is 446 g/mol. The molecule has 35 heavy (non-hydrogen) atoms. The van der Waals surface area contributed by atoms with E-state index in [1.807, 2.05) is 18.2 Å². The van der Waals surface area contributed by atoms with Gasteiger partial charge in [-0.15, -0.1) is 11.3 Å². The number of benzene rings is 6. The maximum atomic E-state index is 11.9. The molecule has 0 aliphatic heterocycles. The molecule has 1 heterocycles. The Morgan fingerprint density at radius 2 is 1.11 bits per heavy atom. The second kappa shape index (κ2) is 7.95. The monoisotopic (exact) mass is 467 g/mol. The summed E-state index contributed by atoms with van der Waals surface area (Å²) in [4.78, 5) is 0. The van der Waals surface area contributed by atoms with Crippen molar-refractivity contribution < 1.29 is 5.21 Å². The van der Waals surface area contributed by atoms with E-state index < -0.39 is 0 Å². The summed E-state index contributed by atoms with van der Waals surface area (Å²) in [6, 6.07) is 41.9. The van der Waals surface area contributed by atoms with E-state index >= 15 is 0 Å². The van der Waals surface area contributed by atoms with Gasteiger partial charge in [-0.25, -0.2) is 5.06 Å². The SMILES string of the molecule is ON(c1ccc2ccccc2c1-c1cccc2ccccc12)c1cccc2sc3ccccc3c12. The topological polar surface area (TPSA) is 23.5 Å². The summed E-state index contributed by atoms with van der Waals surface area (Å²) in [6.07, 6.45) is 0. The first kappa shape index (κ1) is 20.2. The Labute approximate surface area is 206 Å². The van der Waals surface area contributed by atoms with Crippen LogP contribution in [0.25, 0.3) is 52.8 Å². The highest BCUT2D eigenvalue weighted by molar-refractivity contribution is 7.25. The number of fused-ring (bicyclic) bond motifs is 5. The Bertz CT molecular complexity index is 1880. The molecule has 3 heteroatoms. The van der Waals surface area contributed by atoms with Crippen molar-refractivity contribution in [1.29, 1.82) is 0 Å². The number of rotatable bonds is 3. The quantitative estimate of drug-likeness (QED) is 0.262. The first-order valence-corrected chi connectivity index (χ1v) is 12.5. The maximum absolute atomic E-state index is 11.9. The average molecular weight is 468 g/mol. The molecule has 0 bridgehead atoms. The lowest BCUT2D eigenvalue weighted by Crippen LogP contribution is -2.12. The first-order chi connectivity index (χ1) is 17.3. The minimum Gasteiger partial charge on any atom is -0.283 e. The van der Waals surface area contributed by atoms with Gasteiger partial charge in [-0.1, -0.05) is 97.1 Å². The molecule has 166 valence electrons. The van der Waals surface area contributed by atoms with Gasteiger partial charge in [0, 0.05) is 25.7 Å². The summed E-state index contributed by atoms with van der Waals surface area (Å²) in [6.45, 7) is 0. The van der Waals surface area contributed by atoms with E-state index in [2.05, 4.69) is 103 Å². The summed E-state index contributed by atoms with van der Waals surface area (Å²) < 4.78 is 2.38. The fourth-order valence-electron chi connectivity index (χ4n) is 5.23. The predicted molar refractivity (Wildman–Crippen MR) is 150 cm³/mol. The second-order valence-corrected chi connectivity index (χ2v) is 9.85. The highest BCUT2D eigenvalue weighted by atomic mass is 32.1. The van der Waals surface area contributed by atoms with Crippen molar-refractivity contribution in [2.75, 3.05) is 5.06 Å². The molecule has 0 atom stereocenters. The van der Waals surface area contributed by atoms with Crippen LogP contribution in [0.5, 0.6) is 0 Å². The van der Waals surface area contributed by atoms with Crippen molar-refractivity contribution in [3.8, 4) is 11.1 Å². The Balaban J connectivity index is 1.56. The van der Waals surface area contributed by atoms with Crippen molar-refractivity contribution in [2.45, 2.75) is 0 Å². The molecule has 6 aromatic carbocycles. The van der Waals surface area contributed by atoms with Crippen LogP contribution in [0.1, 0.15) is 0 Å². The minimum atomic E-state index is 0.767. The van der Waals surface area contributed by atoms with Crippen molar-refractivity contribution >= 4 is 64.4 Å². The third kappa shape index (κ3) is 3.13. The smallest absolute Gasteiger partial charge is 0.0786 e. The number of hydrogen-bond acceptors (Lipinski definition) is 3. The third-order valence-corrected chi connectivity index (χ3v) is 7.94. The van der Waals surface area contributed by atoms with Gasteiger partial charge in [0.2, 0.25) is 0 Å². The molecule has 2 nitrogen and oxygen atoms in total. The summed E-state index contributed by atoms with van der Waals surface area (Å²) in [5.41, 5.74) is 3.69. The standard InChI is InChI=1S/C32H21NOS/c34-33(27-16-8-18-30-32(27)26-14-5-6-17-29(26)35-30)28-20-19-22-10-2-4-13-24(22)31(28)25-15-7-11-21-9-1-3-12-23(21)25/h1-20,34H. The fraction of sp³-hybridized carbons (Fsp3) is 0. The molecule has 0 fully saturated rings. The molecule has 0 unspecified atom stereocenters. The zero-order chi connectivity index (χ0) is 23.4. The van der Waals surface area contributed by atoms with Crippen LogP contribution in [0, 0.1) is 0 Å². The molecule has 0 aliphatic carbocycles. The summed E-state index contributed by atoms with van der Waals surface area (Å²) in [5.74, 6) is 0. The highest BCUT2D eigenvalue weighted by Crippen LogP contribution is 2.45. The molecule has 0 saturated heterocycles. The number of anilines is 2. The third-order valence-electron chi connectivity index (χ3n) is 6.80. The highest BCUT2D eigenvalue weighted by Gasteiger charge is 2.20. The van der Waals surface area contributed by atoms with Gasteiger partial charge >= 0.3 is 0 Å². The van der Waals surface area contributed by atoms with Gasteiger partial charge in [0.1, 0.15) is 0 Å². The average Bonchev–Trinajstić information content (AvgIpc) is 3.31. The van der Waals surface area contributed by atoms with Crippen LogP contribution in [0.15, 0.2) is 121 Å². The Hall–Kier alpha value is -4.18. The summed E-state index contributed by atoms with van der Waals surface area (Å²) in [5, 5.41) is 20.1. The lowest BCUT2D eigenvalue weighted by Gasteiger charge is -2.24. The fourth-order valence-corrected chi connectivity index (χ4v) is 6.35. The van der Waals surface area contributed by atoms with Crippen LogP contribution in [-0.2, 0) is 0 Å². The van der Waals surface area contributed by atoms with Gasteiger partial charge in [0.15, 0.2) is 0 Å². The van der Waals surface area contributed by atoms with Crippen molar-refractivity contribution in [2.24, 2.45) is 0 Å². The Kier molecular flexibility index (Phi) is 4.59. The summed E-state index contributed by atoms with van der Waals surface area (Å²) in [7, 11) is 0. The van der Waals surface area contributed by atoms with E-state index in [1.54, 1.807) is 11.3 Å². The minimum absolute atomic E-state index is 0.767. The normalized spacial score (nSPS) is 11.6. The Morgan fingerprint density at radius 3 is 1.97 bits per heavy atom. The van der Waals surface area contributed by atoms with Gasteiger partial charge in [-0.3, -0.25) is 5.21 Å². The van der Waals surface area contributed by atoms with Crippen molar-refractivity contribution in [3.63, 3.8) is 0 Å². The van der Waals surface area contributed by atoms with E-state index in [4.69, 9.17) is 0 Å².